The van der Waals surface area contributed by atoms with E-state index >= 15 is 0 Å². The molecule has 0 atom stereocenters. The molecule has 45 heavy (non-hydrogen) atoms. The molecule has 2 heterocycles. The number of benzene rings is 4. The molecule has 2 aliphatic rings. The molecule has 1 saturated heterocycles. The van der Waals surface area contributed by atoms with Gasteiger partial charge in [0.2, 0.25) is 0 Å². The highest BCUT2D eigenvalue weighted by atomic mass is 19.1. The molecule has 0 bridgehead atoms. The van der Waals surface area contributed by atoms with Crippen molar-refractivity contribution < 1.29 is 23.1 Å². The Balaban J connectivity index is 1.02. The highest BCUT2D eigenvalue weighted by Gasteiger charge is 2.30. The van der Waals surface area contributed by atoms with E-state index in [-0.39, 0.29) is 35.8 Å². The quantitative estimate of drug-likeness (QED) is 0.190. The van der Waals surface area contributed by atoms with E-state index in [2.05, 4.69) is 15.1 Å². The number of nitrogens with one attached hydrogen (secondary N) is 1. The number of carbonyl (C=O) groups excluding carboxylic acids is 2. The molecule has 1 fully saturated rings. The molecule has 0 aliphatic carbocycles. The van der Waals surface area contributed by atoms with Crippen LogP contribution in [0.25, 0.3) is 6.08 Å². The summed E-state index contributed by atoms with van der Waals surface area (Å²) in [7, 11) is 0. The zero-order valence-corrected chi connectivity index (χ0v) is 24.8. The lowest BCUT2D eigenvalue weighted by Crippen LogP contribution is -2.47. The van der Waals surface area contributed by atoms with Crippen molar-refractivity contribution in [2.24, 2.45) is 0 Å². The molecule has 4 aromatic carbocycles. The SMILES string of the molecule is O=C(NCCCN1CCN(c2ccccc2F)CC1)c1ccc(/C=C2\Oc3ccccc3N(Cc3ccccc3F)C2=O)cc1. The summed E-state index contributed by atoms with van der Waals surface area (Å²) in [6.07, 6.45) is 2.43. The van der Waals surface area contributed by atoms with E-state index in [0.29, 0.717) is 40.4 Å². The van der Waals surface area contributed by atoms with Crippen LogP contribution >= 0.6 is 0 Å². The summed E-state index contributed by atoms with van der Waals surface area (Å²) in [6, 6.07) is 27.3. The molecule has 1 N–H and O–H groups in total. The molecule has 0 aromatic heterocycles. The van der Waals surface area contributed by atoms with Crippen LogP contribution in [0.2, 0.25) is 0 Å². The minimum Gasteiger partial charge on any atom is -0.449 e. The van der Waals surface area contributed by atoms with Crippen LogP contribution in [0.15, 0.2) is 103 Å². The second kappa shape index (κ2) is 13.7. The third-order valence-electron chi connectivity index (χ3n) is 8.09. The molecular formula is C36H34F2N4O3. The maximum Gasteiger partial charge on any atom is 0.294 e. The maximum absolute atomic E-state index is 14.4. The van der Waals surface area contributed by atoms with Crippen LogP contribution in [0.4, 0.5) is 20.2 Å². The fourth-order valence-corrected chi connectivity index (χ4v) is 5.63. The number of fused-ring (bicyclic) bond motifs is 1. The summed E-state index contributed by atoms with van der Waals surface area (Å²) >= 11 is 0. The first-order valence-electron chi connectivity index (χ1n) is 15.1. The third-order valence-corrected chi connectivity index (χ3v) is 8.09. The zero-order valence-electron chi connectivity index (χ0n) is 24.8. The van der Waals surface area contributed by atoms with E-state index in [0.717, 1.165) is 39.1 Å². The van der Waals surface area contributed by atoms with Gasteiger partial charge in [0.15, 0.2) is 11.5 Å². The zero-order chi connectivity index (χ0) is 31.2. The molecule has 6 rings (SSSR count). The van der Waals surface area contributed by atoms with Crippen molar-refractivity contribution in [3.63, 3.8) is 0 Å². The topological polar surface area (TPSA) is 65.1 Å². The number of anilines is 2. The lowest BCUT2D eigenvalue weighted by atomic mass is 10.1. The molecule has 0 radical (unpaired) electrons. The number of amides is 2. The highest BCUT2D eigenvalue weighted by Crippen LogP contribution is 2.36. The lowest BCUT2D eigenvalue weighted by Gasteiger charge is -2.36. The number of piperazine rings is 1. The number of carbonyl (C=O) groups is 2. The Bertz CT molecular complexity index is 1700. The van der Waals surface area contributed by atoms with Crippen LogP contribution in [0.5, 0.6) is 5.75 Å². The molecule has 0 saturated carbocycles. The Morgan fingerprint density at radius 2 is 1.47 bits per heavy atom. The second-order valence-electron chi connectivity index (χ2n) is 11.1. The molecule has 4 aromatic rings. The monoisotopic (exact) mass is 608 g/mol. The predicted molar refractivity (Wildman–Crippen MR) is 171 cm³/mol. The van der Waals surface area contributed by atoms with E-state index < -0.39 is 0 Å². The number of halogens is 2. The minimum absolute atomic E-state index is 0.0617. The lowest BCUT2D eigenvalue weighted by molar-refractivity contribution is -0.117. The fourth-order valence-electron chi connectivity index (χ4n) is 5.63. The Morgan fingerprint density at radius 1 is 0.800 bits per heavy atom. The molecular weight excluding hydrogens is 574 g/mol. The standard InChI is InChI=1S/C36H34F2N4O3/c37-29-9-2-1-8-28(29)25-42-32-12-5-6-13-33(32)45-34(36(42)44)24-26-14-16-27(17-15-26)35(43)39-18-7-19-40-20-22-41(23-21-40)31-11-4-3-10-30(31)38/h1-6,8-17,24H,7,18-23,25H2,(H,39,43)/b34-24-. The maximum atomic E-state index is 14.4. The van der Waals surface area contributed by atoms with Crippen LogP contribution in [-0.4, -0.2) is 56.0 Å². The Hall–Kier alpha value is -5.02. The van der Waals surface area contributed by atoms with Gasteiger partial charge >= 0.3 is 0 Å². The predicted octanol–water partition coefficient (Wildman–Crippen LogP) is 5.87. The summed E-state index contributed by atoms with van der Waals surface area (Å²) in [5.41, 5.74) is 2.82. The Morgan fingerprint density at radius 3 is 2.20 bits per heavy atom. The summed E-state index contributed by atoms with van der Waals surface area (Å²) in [6.45, 7) is 4.67. The van der Waals surface area contributed by atoms with Gasteiger partial charge < -0.3 is 15.0 Å². The van der Waals surface area contributed by atoms with Gasteiger partial charge in [-0.1, -0.05) is 54.6 Å². The number of rotatable bonds is 9. The first-order chi connectivity index (χ1) is 22.0. The van der Waals surface area contributed by atoms with Crippen molar-refractivity contribution in [2.75, 3.05) is 49.1 Å². The normalized spacial score (nSPS) is 16.0. The number of hydrogen-bond acceptors (Lipinski definition) is 5. The van der Waals surface area contributed by atoms with Crippen LogP contribution in [0, 0.1) is 11.6 Å². The van der Waals surface area contributed by atoms with Crippen molar-refractivity contribution >= 4 is 29.3 Å². The minimum atomic E-state index is -0.382. The van der Waals surface area contributed by atoms with E-state index in [1.807, 2.05) is 18.2 Å². The van der Waals surface area contributed by atoms with Crippen molar-refractivity contribution in [3.05, 3.63) is 131 Å². The molecule has 0 unspecified atom stereocenters. The van der Waals surface area contributed by atoms with Gasteiger partial charge in [-0.3, -0.25) is 19.4 Å². The van der Waals surface area contributed by atoms with Crippen LogP contribution < -0.4 is 19.9 Å². The van der Waals surface area contributed by atoms with E-state index in [1.165, 1.54) is 17.0 Å². The van der Waals surface area contributed by atoms with Gasteiger partial charge in [-0.2, -0.15) is 0 Å². The molecule has 230 valence electrons. The fraction of sp³-hybridized carbons (Fsp3) is 0.222. The van der Waals surface area contributed by atoms with Gasteiger partial charge in [-0.15, -0.1) is 0 Å². The summed E-state index contributed by atoms with van der Waals surface area (Å²) in [4.78, 5) is 32.1. The molecule has 9 heteroatoms. The average molecular weight is 609 g/mol. The first-order valence-corrected chi connectivity index (χ1v) is 15.1. The number of ether oxygens (including phenoxy) is 1. The second-order valence-corrected chi connectivity index (χ2v) is 11.1. The van der Waals surface area contributed by atoms with Crippen molar-refractivity contribution in [1.82, 2.24) is 10.2 Å². The van der Waals surface area contributed by atoms with Crippen LogP contribution in [-0.2, 0) is 11.3 Å². The summed E-state index contributed by atoms with van der Waals surface area (Å²) < 4.78 is 34.5. The molecule has 7 nitrogen and oxygen atoms in total. The van der Waals surface area contributed by atoms with Crippen LogP contribution in [0.3, 0.4) is 0 Å². The van der Waals surface area contributed by atoms with E-state index in [1.54, 1.807) is 72.8 Å². The first kappa shape index (κ1) is 30.0. The number of para-hydroxylation sites is 3. The van der Waals surface area contributed by atoms with Crippen molar-refractivity contribution in [1.29, 1.82) is 0 Å². The van der Waals surface area contributed by atoms with Gasteiger partial charge in [-0.05, 0) is 67.1 Å². The summed E-state index contributed by atoms with van der Waals surface area (Å²) in [5.74, 6) is -0.517. The van der Waals surface area contributed by atoms with Crippen molar-refractivity contribution in [2.45, 2.75) is 13.0 Å². The molecule has 2 amide bonds. The molecule has 0 spiro atoms. The smallest absolute Gasteiger partial charge is 0.294 e. The molecule has 2 aliphatic heterocycles. The van der Waals surface area contributed by atoms with Gasteiger partial charge in [-0.25, -0.2) is 8.78 Å². The van der Waals surface area contributed by atoms with E-state index in [4.69, 9.17) is 4.74 Å². The average Bonchev–Trinajstić information content (AvgIpc) is 3.06. The van der Waals surface area contributed by atoms with Gasteiger partial charge in [0.1, 0.15) is 11.6 Å². The Kier molecular flexibility index (Phi) is 9.17. The number of nitrogens with zero attached hydrogens (tertiary/aromatic N) is 3. The number of hydrogen-bond donors (Lipinski definition) is 1. The summed E-state index contributed by atoms with van der Waals surface area (Å²) in [5, 5.41) is 2.98. The van der Waals surface area contributed by atoms with E-state index in [9.17, 15) is 18.4 Å². The van der Waals surface area contributed by atoms with Gasteiger partial charge in [0, 0.05) is 43.9 Å². The van der Waals surface area contributed by atoms with Gasteiger partial charge in [0.05, 0.1) is 17.9 Å². The van der Waals surface area contributed by atoms with Gasteiger partial charge in [0.25, 0.3) is 11.8 Å². The van der Waals surface area contributed by atoms with Crippen LogP contribution in [0.1, 0.15) is 27.9 Å². The highest BCUT2D eigenvalue weighted by molar-refractivity contribution is 6.09. The largest absolute Gasteiger partial charge is 0.449 e. The van der Waals surface area contributed by atoms with Crippen molar-refractivity contribution in [3.8, 4) is 5.75 Å². The Labute approximate surface area is 261 Å². The third kappa shape index (κ3) is 7.05.